The van der Waals surface area contributed by atoms with E-state index in [0.717, 1.165) is 16.9 Å². The second kappa shape index (κ2) is 5.96. The van der Waals surface area contributed by atoms with Crippen LogP contribution in [0.1, 0.15) is 21.2 Å². The van der Waals surface area contributed by atoms with Crippen LogP contribution >= 0.6 is 34.4 Å². The van der Waals surface area contributed by atoms with Gasteiger partial charge in [-0.15, -0.1) is 11.3 Å². The molecule has 0 aliphatic heterocycles. The van der Waals surface area contributed by atoms with Gasteiger partial charge in [-0.3, -0.25) is 0 Å². The molecular formula is C12H9N3O3S3. The molecule has 3 heterocycles. The maximum absolute atomic E-state index is 11.0. The predicted octanol–water partition coefficient (Wildman–Crippen LogP) is 3.55. The van der Waals surface area contributed by atoms with E-state index in [1.54, 1.807) is 18.3 Å². The van der Waals surface area contributed by atoms with Gasteiger partial charge in [-0.25, -0.2) is 9.78 Å². The second-order valence-electron chi connectivity index (χ2n) is 4.02. The first-order valence-electron chi connectivity index (χ1n) is 5.82. The second-order valence-corrected chi connectivity index (χ2v) is 7.02. The fourth-order valence-corrected chi connectivity index (χ4v) is 4.08. The number of carbonyl (C=O) groups is 1. The molecule has 0 amide bonds. The van der Waals surface area contributed by atoms with Crippen LogP contribution < -0.4 is 0 Å². The summed E-state index contributed by atoms with van der Waals surface area (Å²) in [7, 11) is 0. The molecule has 0 aliphatic carbocycles. The highest BCUT2D eigenvalue weighted by atomic mass is 32.2. The van der Waals surface area contributed by atoms with Gasteiger partial charge < -0.3 is 9.63 Å². The average Bonchev–Trinajstić information content (AvgIpc) is 3.16. The molecule has 0 radical (unpaired) electrons. The van der Waals surface area contributed by atoms with Crippen LogP contribution in [0.15, 0.2) is 25.7 Å². The number of thioether (sulfide) groups is 1. The number of rotatable bonds is 5. The maximum atomic E-state index is 11.0. The lowest BCUT2D eigenvalue weighted by Gasteiger charge is -1.90. The summed E-state index contributed by atoms with van der Waals surface area (Å²) in [5.74, 6) is 0.593. The Balaban J connectivity index is 1.68. The molecular weight excluding hydrogens is 330 g/mol. The van der Waals surface area contributed by atoms with Gasteiger partial charge in [0.05, 0.1) is 17.0 Å². The summed E-state index contributed by atoms with van der Waals surface area (Å²) >= 11 is 4.12. The van der Waals surface area contributed by atoms with Crippen LogP contribution in [0, 0.1) is 6.92 Å². The summed E-state index contributed by atoms with van der Waals surface area (Å²) in [4.78, 5) is 19.8. The van der Waals surface area contributed by atoms with Crippen LogP contribution in [0.4, 0.5) is 0 Å². The number of nitrogens with zero attached hydrogens (tertiary/aromatic N) is 3. The Kier molecular flexibility index (Phi) is 4.04. The van der Waals surface area contributed by atoms with Crippen LogP contribution in [-0.2, 0) is 5.75 Å². The normalized spacial score (nSPS) is 10.9. The van der Waals surface area contributed by atoms with E-state index < -0.39 is 5.97 Å². The lowest BCUT2D eigenvalue weighted by Crippen LogP contribution is -1.94. The van der Waals surface area contributed by atoms with Crippen LogP contribution in [0.25, 0.3) is 11.5 Å². The predicted molar refractivity (Wildman–Crippen MR) is 81.0 cm³/mol. The molecule has 0 bridgehead atoms. The molecule has 0 aliphatic rings. The van der Waals surface area contributed by atoms with E-state index in [2.05, 4.69) is 15.1 Å². The monoisotopic (exact) mass is 339 g/mol. The van der Waals surface area contributed by atoms with Crippen molar-refractivity contribution in [3.8, 4) is 11.5 Å². The highest BCUT2D eigenvalue weighted by molar-refractivity contribution is 8.00. The summed E-state index contributed by atoms with van der Waals surface area (Å²) < 4.78 is 5.87. The highest BCUT2D eigenvalue weighted by Gasteiger charge is 2.15. The van der Waals surface area contributed by atoms with Crippen LogP contribution in [0.2, 0.25) is 0 Å². The van der Waals surface area contributed by atoms with E-state index in [1.165, 1.54) is 11.8 Å². The summed E-state index contributed by atoms with van der Waals surface area (Å²) in [5.41, 5.74) is 1.43. The van der Waals surface area contributed by atoms with E-state index in [4.69, 9.17) is 9.63 Å². The molecule has 0 spiro atoms. The molecule has 6 nitrogen and oxygen atoms in total. The Labute approximate surface area is 131 Å². The van der Waals surface area contributed by atoms with E-state index in [1.807, 2.05) is 16.8 Å². The molecule has 0 atom stereocenters. The van der Waals surface area contributed by atoms with Crippen molar-refractivity contribution < 1.29 is 14.4 Å². The Bertz CT molecular complexity index is 764. The fraction of sp³-hybridized carbons (Fsp3) is 0.167. The first-order valence-corrected chi connectivity index (χ1v) is 8.56. The standard InChI is InChI=1S/C12H9N3O3S3/c1-6-9(11(16)17)21-12(13-6)20-5-8-14-10(18-15-8)7-2-3-19-4-7/h2-4H,5H2,1H3,(H,16,17). The number of carboxylic acid groups (broad SMARTS) is 1. The number of aromatic nitrogens is 3. The first-order chi connectivity index (χ1) is 10.1. The average molecular weight is 339 g/mol. The van der Waals surface area contributed by atoms with Gasteiger partial charge in [-0.05, 0) is 18.4 Å². The quantitative estimate of drug-likeness (QED) is 0.711. The molecule has 3 aromatic rings. The number of carboxylic acids is 1. The van der Waals surface area contributed by atoms with Gasteiger partial charge in [-0.2, -0.15) is 16.3 Å². The summed E-state index contributed by atoms with van der Waals surface area (Å²) in [6, 6.07) is 1.92. The largest absolute Gasteiger partial charge is 0.477 e. The number of hydrogen-bond donors (Lipinski definition) is 1. The topological polar surface area (TPSA) is 89.1 Å². The summed E-state index contributed by atoms with van der Waals surface area (Å²) in [6.07, 6.45) is 0. The van der Waals surface area contributed by atoms with Crippen molar-refractivity contribution in [2.24, 2.45) is 0 Å². The highest BCUT2D eigenvalue weighted by Crippen LogP contribution is 2.29. The molecule has 0 saturated heterocycles. The van der Waals surface area contributed by atoms with Gasteiger partial charge in [0, 0.05) is 5.38 Å². The lowest BCUT2D eigenvalue weighted by molar-refractivity contribution is 0.0701. The molecule has 9 heteroatoms. The lowest BCUT2D eigenvalue weighted by atomic mass is 10.3. The molecule has 0 aromatic carbocycles. The van der Waals surface area contributed by atoms with E-state index in [-0.39, 0.29) is 4.88 Å². The van der Waals surface area contributed by atoms with Crippen molar-refractivity contribution in [1.29, 1.82) is 0 Å². The van der Waals surface area contributed by atoms with E-state index >= 15 is 0 Å². The molecule has 3 rings (SSSR count). The van der Waals surface area contributed by atoms with Gasteiger partial charge in [-0.1, -0.05) is 16.9 Å². The van der Waals surface area contributed by atoms with Crippen molar-refractivity contribution in [3.63, 3.8) is 0 Å². The Hall–Kier alpha value is -1.71. The van der Waals surface area contributed by atoms with E-state index in [0.29, 0.717) is 27.5 Å². The van der Waals surface area contributed by atoms with Crippen molar-refractivity contribution in [2.75, 3.05) is 0 Å². The number of hydrogen-bond acceptors (Lipinski definition) is 8. The third-order valence-corrected chi connectivity index (χ3v) is 5.50. The van der Waals surface area contributed by atoms with Crippen molar-refractivity contribution in [3.05, 3.63) is 33.2 Å². The number of thiophene rings is 1. The van der Waals surface area contributed by atoms with Gasteiger partial charge in [0.2, 0.25) is 0 Å². The zero-order valence-corrected chi connectivity index (χ0v) is 13.2. The molecule has 0 saturated carbocycles. The Morgan fingerprint density at radius 3 is 3.00 bits per heavy atom. The smallest absolute Gasteiger partial charge is 0.347 e. The fourth-order valence-electron chi connectivity index (χ4n) is 1.57. The number of thiazole rings is 1. The molecule has 21 heavy (non-hydrogen) atoms. The summed E-state index contributed by atoms with van der Waals surface area (Å²) in [5, 5.41) is 16.8. The van der Waals surface area contributed by atoms with E-state index in [9.17, 15) is 4.79 Å². The van der Waals surface area contributed by atoms with Crippen molar-refractivity contribution >= 4 is 40.4 Å². The van der Waals surface area contributed by atoms with Crippen LogP contribution in [0.5, 0.6) is 0 Å². The third-order valence-electron chi connectivity index (χ3n) is 2.53. The Morgan fingerprint density at radius 1 is 1.48 bits per heavy atom. The van der Waals surface area contributed by atoms with Crippen LogP contribution in [0.3, 0.4) is 0 Å². The molecule has 3 aromatic heterocycles. The minimum absolute atomic E-state index is 0.268. The SMILES string of the molecule is Cc1nc(SCc2noc(-c3ccsc3)n2)sc1C(=O)O. The van der Waals surface area contributed by atoms with Gasteiger partial charge in [0.1, 0.15) is 4.88 Å². The third kappa shape index (κ3) is 3.14. The maximum Gasteiger partial charge on any atom is 0.347 e. The molecule has 0 fully saturated rings. The first kappa shape index (κ1) is 14.2. The summed E-state index contributed by atoms with van der Waals surface area (Å²) in [6.45, 7) is 1.69. The molecule has 1 N–H and O–H groups in total. The van der Waals surface area contributed by atoms with Crippen molar-refractivity contribution in [1.82, 2.24) is 15.1 Å². The van der Waals surface area contributed by atoms with Crippen LogP contribution in [-0.4, -0.2) is 26.2 Å². The van der Waals surface area contributed by atoms with Crippen molar-refractivity contribution in [2.45, 2.75) is 17.0 Å². The zero-order valence-electron chi connectivity index (χ0n) is 10.8. The van der Waals surface area contributed by atoms with Gasteiger partial charge in [0.25, 0.3) is 5.89 Å². The van der Waals surface area contributed by atoms with Gasteiger partial charge >= 0.3 is 5.97 Å². The zero-order chi connectivity index (χ0) is 14.8. The Morgan fingerprint density at radius 2 is 2.33 bits per heavy atom. The molecule has 0 unspecified atom stereocenters. The minimum atomic E-state index is -0.948. The number of aryl methyl sites for hydroxylation is 1. The number of aromatic carboxylic acids is 1. The minimum Gasteiger partial charge on any atom is -0.477 e. The molecule has 108 valence electrons. The van der Waals surface area contributed by atoms with Gasteiger partial charge in [0.15, 0.2) is 10.2 Å².